The monoisotopic (exact) mass is 316 g/mol. The summed E-state index contributed by atoms with van der Waals surface area (Å²) in [7, 11) is -1.72. The molecule has 0 aliphatic heterocycles. The van der Waals surface area contributed by atoms with Crippen LogP contribution in [0.25, 0.3) is 5.20 Å². The molecule has 0 radical (unpaired) electrons. The van der Waals surface area contributed by atoms with Gasteiger partial charge in [0, 0.05) is 5.92 Å². The van der Waals surface area contributed by atoms with Crippen molar-refractivity contribution in [3.8, 4) is 0 Å². The third-order valence-electron chi connectivity index (χ3n) is 5.60. The van der Waals surface area contributed by atoms with Gasteiger partial charge in [0.15, 0.2) is 0 Å². The predicted molar refractivity (Wildman–Crippen MR) is 103 cm³/mol. The Morgan fingerprint density at radius 1 is 1.00 bits per heavy atom. The highest BCUT2D eigenvalue weighted by molar-refractivity contribution is 7.01. The summed E-state index contributed by atoms with van der Waals surface area (Å²) in [6.45, 7) is 9.75. The second-order valence-corrected chi connectivity index (χ2v) is 11.8. The van der Waals surface area contributed by atoms with Gasteiger partial charge in [0.05, 0.1) is 0 Å². The average Bonchev–Trinajstić information content (AvgIpc) is 3.02. The zero-order valence-corrected chi connectivity index (χ0v) is 15.5. The second kappa shape index (κ2) is 5.07. The van der Waals surface area contributed by atoms with Crippen LogP contribution in [0.4, 0.5) is 0 Å². The van der Waals surface area contributed by atoms with E-state index in [9.17, 15) is 0 Å². The highest BCUT2D eigenvalue weighted by Gasteiger charge is 2.40. The van der Waals surface area contributed by atoms with E-state index in [1.54, 1.807) is 21.5 Å². The zero-order valence-electron chi connectivity index (χ0n) is 14.5. The second-order valence-electron chi connectivity index (χ2n) is 7.56. The van der Waals surface area contributed by atoms with Crippen molar-refractivity contribution in [1.29, 1.82) is 0 Å². The van der Waals surface area contributed by atoms with Crippen molar-refractivity contribution in [1.82, 2.24) is 0 Å². The van der Waals surface area contributed by atoms with E-state index >= 15 is 0 Å². The van der Waals surface area contributed by atoms with Crippen LogP contribution < -0.4 is 0 Å². The molecule has 3 aliphatic carbocycles. The molecule has 1 unspecified atom stereocenters. The molecule has 0 saturated heterocycles. The van der Waals surface area contributed by atoms with Crippen LogP contribution in [0.5, 0.6) is 0 Å². The van der Waals surface area contributed by atoms with Crippen molar-refractivity contribution in [2.24, 2.45) is 5.92 Å². The molecule has 1 heteroatoms. The SMILES string of the molecule is CC1=CC2C=CC=CC2=C1[Si](C)(C)C1=C(C)Cc2ccccc21. The lowest BCUT2D eigenvalue weighted by molar-refractivity contribution is 1.01. The van der Waals surface area contributed by atoms with Crippen molar-refractivity contribution in [3.05, 3.63) is 87.7 Å². The Hall–Kier alpha value is -1.86. The molecule has 0 heterocycles. The Morgan fingerprint density at radius 2 is 1.78 bits per heavy atom. The average molecular weight is 317 g/mol. The number of fused-ring (bicyclic) bond motifs is 2. The van der Waals surface area contributed by atoms with Gasteiger partial charge in [-0.3, -0.25) is 0 Å². The van der Waals surface area contributed by atoms with Gasteiger partial charge in [-0.1, -0.05) is 78.9 Å². The van der Waals surface area contributed by atoms with E-state index < -0.39 is 8.07 Å². The third kappa shape index (κ3) is 2.10. The summed E-state index contributed by atoms with van der Waals surface area (Å²) < 4.78 is 0. The largest absolute Gasteiger partial charge is 0.113 e. The van der Waals surface area contributed by atoms with Crippen LogP contribution in [0.3, 0.4) is 0 Å². The Morgan fingerprint density at radius 3 is 2.61 bits per heavy atom. The van der Waals surface area contributed by atoms with E-state index in [1.807, 2.05) is 0 Å². The smallest absolute Gasteiger partial charge is 0.0732 e. The summed E-state index contributed by atoms with van der Waals surface area (Å²) in [5.41, 5.74) is 7.67. The van der Waals surface area contributed by atoms with Crippen LogP contribution in [-0.4, -0.2) is 8.07 Å². The molecule has 0 fully saturated rings. The first-order valence-corrected chi connectivity index (χ1v) is 11.6. The van der Waals surface area contributed by atoms with Gasteiger partial charge < -0.3 is 0 Å². The Bertz CT molecular complexity index is 840. The number of allylic oxidation sites excluding steroid dienone is 9. The Kier molecular flexibility index (Phi) is 3.24. The zero-order chi connectivity index (χ0) is 16.2. The van der Waals surface area contributed by atoms with E-state index in [0.29, 0.717) is 5.92 Å². The van der Waals surface area contributed by atoms with Crippen LogP contribution in [0.1, 0.15) is 25.0 Å². The fourth-order valence-corrected chi connectivity index (χ4v) is 9.27. The summed E-state index contributed by atoms with van der Waals surface area (Å²) in [6, 6.07) is 9.01. The lowest BCUT2D eigenvalue weighted by Crippen LogP contribution is -2.33. The van der Waals surface area contributed by atoms with E-state index in [-0.39, 0.29) is 0 Å². The van der Waals surface area contributed by atoms with Crippen LogP contribution in [0, 0.1) is 5.92 Å². The van der Waals surface area contributed by atoms with Crippen molar-refractivity contribution in [2.75, 3.05) is 0 Å². The maximum Gasteiger partial charge on any atom is 0.113 e. The first kappa shape index (κ1) is 14.7. The Balaban J connectivity index is 1.89. The van der Waals surface area contributed by atoms with E-state index in [2.05, 4.69) is 81.6 Å². The maximum absolute atomic E-state index is 2.54. The first-order chi connectivity index (χ1) is 11.0. The number of benzene rings is 1. The highest BCUT2D eigenvalue weighted by atomic mass is 28.3. The summed E-state index contributed by atoms with van der Waals surface area (Å²) in [5, 5.41) is 3.33. The summed E-state index contributed by atoms with van der Waals surface area (Å²) in [6.07, 6.45) is 12.7. The molecule has 1 aromatic carbocycles. The standard InChI is InChI=1S/C22H24Si/c1-15-13-17-9-5-7-11-19(17)21(15)23(3,4)22-16(2)14-18-10-6-8-12-20(18)22/h5-13,17H,14H2,1-4H3. The van der Waals surface area contributed by atoms with E-state index in [4.69, 9.17) is 0 Å². The van der Waals surface area contributed by atoms with Gasteiger partial charge >= 0.3 is 0 Å². The molecule has 0 aromatic heterocycles. The van der Waals surface area contributed by atoms with Crippen LogP contribution in [0.2, 0.25) is 13.1 Å². The van der Waals surface area contributed by atoms with Gasteiger partial charge in [-0.2, -0.15) is 0 Å². The molecular weight excluding hydrogens is 292 g/mol. The van der Waals surface area contributed by atoms with Crippen molar-refractivity contribution in [2.45, 2.75) is 33.4 Å². The molecule has 0 amide bonds. The molecule has 3 aliphatic rings. The van der Waals surface area contributed by atoms with Gasteiger partial charge in [0.25, 0.3) is 0 Å². The molecule has 23 heavy (non-hydrogen) atoms. The molecule has 1 aromatic rings. The van der Waals surface area contributed by atoms with Gasteiger partial charge in [-0.15, -0.1) is 0 Å². The van der Waals surface area contributed by atoms with Crippen molar-refractivity contribution < 1.29 is 0 Å². The molecule has 4 rings (SSSR count). The number of hydrogen-bond acceptors (Lipinski definition) is 0. The minimum Gasteiger partial charge on any atom is -0.0732 e. The Labute approximate surface area is 140 Å². The summed E-state index contributed by atoms with van der Waals surface area (Å²) in [4.78, 5) is 0. The molecule has 1 atom stereocenters. The van der Waals surface area contributed by atoms with E-state index in [0.717, 1.165) is 6.42 Å². The van der Waals surface area contributed by atoms with Crippen molar-refractivity contribution in [3.63, 3.8) is 0 Å². The molecule has 0 nitrogen and oxygen atoms in total. The maximum atomic E-state index is 2.54. The lowest BCUT2D eigenvalue weighted by Gasteiger charge is -2.31. The summed E-state index contributed by atoms with van der Waals surface area (Å²) >= 11 is 0. The van der Waals surface area contributed by atoms with Gasteiger partial charge in [0.1, 0.15) is 8.07 Å². The summed E-state index contributed by atoms with van der Waals surface area (Å²) in [5.74, 6) is 0.499. The number of rotatable bonds is 2. The molecular formula is C22H24Si. The quantitative estimate of drug-likeness (QED) is 0.605. The molecule has 0 saturated carbocycles. The van der Waals surface area contributed by atoms with E-state index in [1.165, 1.54) is 16.7 Å². The molecule has 0 bridgehead atoms. The van der Waals surface area contributed by atoms with Crippen LogP contribution >= 0.6 is 0 Å². The minimum atomic E-state index is -1.72. The fourth-order valence-electron chi connectivity index (χ4n) is 4.90. The van der Waals surface area contributed by atoms with Crippen molar-refractivity contribution >= 4 is 13.3 Å². The topological polar surface area (TPSA) is 0 Å². The minimum absolute atomic E-state index is 0.499. The molecule has 116 valence electrons. The van der Waals surface area contributed by atoms with Gasteiger partial charge in [0.2, 0.25) is 0 Å². The first-order valence-electron chi connectivity index (χ1n) is 8.57. The van der Waals surface area contributed by atoms with Gasteiger partial charge in [-0.25, -0.2) is 0 Å². The molecule has 0 spiro atoms. The van der Waals surface area contributed by atoms with Crippen LogP contribution in [0.15, 0.2) is 76.6 Å². The van der Waals surface area contributed by atoms with Gasteiger partial charge in [-0.05, 0) is 47.4 Å². The third-order valence-corrected chi connectivity index (χ3v) is 9.48. The lowest BCUT2D eigenvalue weighted by atomic mass is 9.98. The molecule has 0 N–H and O–H groups in total. The van der Waals surface area contributed by atoms with Crippen LogP contribution in [-0.2, 0) is 6.42 Å². The normalized spacial score (nSPS) is 22.6. The number of hydrogen-bond donors (Lipinski definition) is 0. The predicted octanol–water partition coefficient (Wildman–Crippen LogP) is 5.80. The highest BCUT2D eigenvalue weighted by Crippen LogP contribution is 2.47. The fraction of sp³-hybridized carbons (Fsp3) is 0.273.